The maximum Gasteiger partial charge on any atom is 0.400 e. The minimum Gasteiger partial charge on any atom is -0.409 e. The van der Waals surface area contributed by atoms with Gasteiger partial charge in [0.15, 0.2) is 5.84 Å². The molecule has 1 aliphatic heterocycles. The first-order valence-electron chi connectivity index (χ1n) is 6.02. The van der Waals surface area contributed by atoms with Crippen LogP contribution >= 0.6 is 0 Å². The Morgan fingerprint density at radius 3 is 2.50 bits per heavy atom. The van der Waals surface area contributed by atoms with Gasteiger partial charge in [-0.15, -0.1) is 0 Å². The SMILES string of the molecule is CC(C)C1CCN(CC(C(N)=NO)C(F)(F)F)C1. The van der Waals surface area contributed by atoms with Gasteiger partial charge in [-0.05, 0) is 24.8 Å². The van der Waals surface area contributed by atoms with Gasteiger partial charge >= 0.3 is 6.18 Å². The largest absolute Gasteiger partial charge is 0.409 e. The highest BCUT2D eigenvalue weighted by atomic mass is 19.4. The highest BCUT2D eigenvalue weighted by molar-refractivity contribution is 5.83. The van der Waals surface area contributed by atoms with Crippen molar-refractivity contribution in [3.05, 3.63) is 0 Å². The van der Waals surface area contributed by atoms with E-state index in [-0.39, 0.29) is 6.54 Å². The van der Waals surface area contributed by atoms with E-state index in [0.29, 0.717) is 24.9 Å². The zero-order chi connectivity index (χ0) is 13.9. The Morgan fingerprint density at radius 2 is 2.11 bits per heavy atom. The molecule has 1 rings (SSSR count). The number of hydrogen-bond acceptors (Lipinski definition) is 3. The average molecular weight is 267 g/mol. The molecule has 0 amide bonds. The molecule has 0 spiro atoms. The van der Waals surface area contributed by atoms with Crippen molar-refractivity contribution >= 4 is 5.84 Å². The lowest BCUT2D eigenvalue weighted by Crippen LogP contribution is -2.44. The summed E-state index contributed by atoms with van der Waals surface area (Å²) in [4.78, 5) is 1.74. The molecule has 2 atom stereocenters. The highest BCUT2D eigenvalue weighted by Gasteiger charge is 2.44. The normalized spacial score (nSPS) is 24.8. The number of nitrogens with two attached hydrogens (primary N) is 1. The van der Waals surface area contributed by atoms with Gasteiger partial charge in [0.25, 0.3) is 0 Å². The molecule has 18 heavy (non-hydrogen) atoms. The van der Waals surface area contributed by atoms with E-state index in [1.54, 1.807) is 4.90 Å². The Bertz CT molecular complexity index is 304. The van der Waals surface area contributed by atoms with E-state index in [9.17, 15) is 13.2 Å². The molecular weight excluding hydrogens is 247 g/mol. The molecule has 0 aliphatic carbocycles. The average Bonchev–Trinajstić information content (AvgIpc) is 2.72. The second-order valence-corrected chi connectivity index (χ2v) is 5.17. The van der Waals surface area contributed by atoms with Crippen LogP contribution in [-0.4, -0.2) is 41.8 Å². The topological polar surface area (TPSA) is 61.8 Å². The predicted molar refractivity (Wildman–Crippen MR) is 62.3 cm³/mol. The maximum atomic E-state index is 12.8. The number of likely N-dealkylation sites (tertiary alicyclic amines) is 1. The molecule has 0 aromatic rings. The van der Waals surface area contributed by atoms with Crippen LogP contribution in [0.1, 0.15) is 20.3 Å². The van der Waals surface area contributed by atoms with Gasteiger partial charge in [-0.1, -0.05) is 19.0 Å². The van der Waals surface area contributed by atoms with Gasteiger partial charge in [-0.3, -0.25) is 0 Å². The maximum absolute atomic E-state index is 12.8. The molecule has 1 fully saturated rings. The van der Waals surface area contributed by atoms with Crippen LogP contribution in [0.2, 0.25) is 0 Å². The summed E-state index contributed by atoms with van der Waals surface area (Å²) in [7, 11) is 0. The molecule has 4 nitrogen and oxygen atoms in total. The van der Waals surface area contributed by atoms with Crippen LogP contribution in [0.3, 0.4) is 0 Å². The van der Waals surface area contributed by atoms with E-state index in [4.69, 9.17) is 10.9 Å². The number of alkyl halides is 3. The molecule has 2 unspecified atom stereocenters. The van der Waals surface area contributed by atoms with Crippen molar-refractivity contribution in [2.75, 3.05) is 19.6 Å². The Hall–Kier alpha value is -0.980. The van der Waals surface area contributed by atoms with Crippen molar-refractivity contribution in [3.63, 3.8) is 0 Å². The Balaban J connectivity index is 2.64. The molecule has 0 radical (unpaired) electrons. The Labute approximate surface area is 105 Å². The quantitative estimate of drug-likeness (QED) is 0.354. The summed E-state index contributed by atoms with van der Waals surface area (Å²) < 4.78 is 38.3. The number of amidine groups is 1. The van der Waals surface area contributed by atoms with Gasteiger partial charge in [0, 0.05) is 13.1 Å². The van der Waals surface area contributed by atoms with Gasteiger partial charge in [-0.2, -0.15) is 13.2 Å². The van der Waals surface area contributed by atoms with E-state index >= 15 is 0 Å². The number of hydrogen-bond donors (Lipinski definition) is 2. The first-order chi connectivity index (χ1) is 8.25. The summed E-state index contributed by atoms with van der Waals surface area (Å²) in [5.74, 6) is -1.78. The molecule has 1 aliphatic rings. The molecule has 0 bridgehead atoms. The minimum atomic E-state index is -4.48. The van der Waals surface area contributed by atoms with Crippen molar-refractivity contribution in [3.8, 4) is 0 Å². The van der Waals surface area contributed by atoms with Gasteiger partial charge in [0.1, 0.15) is 5.92 Å². The summed E-state index contributed by atoms with van der Waals surface area (Å²) in [6.45, 7) is 5.18. The second-order valence-electron chi connectivity index (χ2n) is 5.17. The Morgan fingerprint density at radius 1 is 1.50 bits per heavy atom. The number of nitrogens with zero attached hydrogens (tertiary/aromatic N) is 2. The fraction of sp³-hybridized carbons (Fsp3) is 0.909. The first-order valence-corrected chi connectivity index (χ1v) is 6.02. The molecule has 0 saturated carbocycles. The van der Waals surface area contributed by atoms with Crippen molar-refractivity contribution < 1.29 is 18.4 Å². The van der Waals surface area contributed by atoms with Crippen LogP contribution in [0.4, 0.5) is 13.2 Å². The summed E-state index contributed by atoms with van der Waals surface area (Å²) in [5, 5.41) is 10.9. The van der Waals surface area contributed by atoms with Gasteiger partial charge < -0.3 is 15.8 Å². The molecule has 0 aromatic carbocycles. The van der Waals surface area contributed by atoms with Gasteiger partial charge in [0.2, 0.25) is 0 Å². The van der Waals surface area contributed by atoms with Crippen LogP contribution in [0.25, 0.3) is 0 Å². The van der Waals surface area contributed by atoms with E-state index in [1.807, 2.05) is 0 Å². The van der Waals surface area contributed by atoms with Crippen molar-refractivity contribution in [1.82, 2.24) is 4.90 Å². The third kappa shape index (κ3) is 3.76. The van der Waals surface area contributed by atoms with Crippen LogP contribution in [0.5, 0.6) is 0 Å². The molecule has 106 valence electrons. The summed E-state index contributed by atoms with van der Waals surface area (Å²) in [6.07, 6.45) is -3.58. The fourth-order valence-corrected chi connectivity index (χ4v) is 2.27. The van der Waals surface area contributed by atoms with E-state index in [1.165, 1.54) is 0 Å². The summed E-state index contributed by atoms with van der Waals surface area (Å²) in [6, 6.07) is 0. The first kappa shape index (κ1) is 15.1. The fourth-order valence-electron chi connectivity index (χ4n) is 2.27. The smallest absolute Gasteiger partial charge is 0.400 e. The van der Waals surface area contributed by atoms with Crippen molar-refractivity contribution in [2.24, 2.45) is 28.6 Å². The lowest BCUT2D eigenvalue weighted by Gasteiger charge is -2.25. The molecule has 1 saturated heterocycles. The number of halogens is 3. The molecule has 1 heterocycles. The lowest BCUT2D eigenvalue weighted by atomic mass is 9.95. The van der Waals surface area contributed by atoms with E-state index in [2.05, 4.69) is 19.0 Å². The monoisotopic (exact) mass is 267 g/mol. The van der Waals surface area contributed by atoms with Crippen LogP contribution < -0.4 is 5.73 Å². The number of oxime groups is 1. The number of rotatable bonds is 4. The zero-order valence-corrected chi connectivity index (χ0v) is 10.6. The predicted octanol–water partition coefficient (Wildman–Crippen LogP) is 1.89. The van der Waals surface area contributed by atoms with Gasteiger partial charge in [0.05, 0.1) is 0 Å². The van der Waals surface area contributed by atoms with Crippen molar-refractivity contribution in [2.45, 2.75) is 26.4 Å². The standard InChI is InChI=1S/C11H20F3N3O/c1-7(2)8-3-4-17(5-8)6-9(10(15)16-18)11(12,13)14/h7-9,18H,3-6H2,1-2H3,(H2,15,16). The summed E-state index contributed by atoms with van der Waals surface area (Å²) in [5.41, 5.74) is 5.13. The third-order valence-electron chi connectivity index (χ3n) is 3.56. The third-order valence-corrected chi connectivity index (χ3v) is 3.56. The zero-order valence-electron chi connectivity index (χ0n) is 10.6. The van der Waals surface area contributed by atoms with Crippen LogP contribution in [0, 0.1) is 17.8 Å². The van der Waals surface area contributed by atoms with Crippen LogP contribution in [-0.2, 0) is 0 Å². The van der Waals surface area contributed by atoms with Gasteiger partial charge in [-0.25, -0.2) is 0 Å². The molecule has 0 aromatic heterocycles. The van der Waals surface area contributed by atoms with E-state index < -0.39 is 17.9 Å². The van der Waals surface area contributed by atoms with Crippen molar-refractivity contribution in [1.29, 1.82) is 0 Å². The highest BCUT2D eigenvalue weighted by Crippen LogP contribution is 2.30. The molecule has 7 heteroatoms. The lowest BCUT2D eigenvalue weighted by molar-refractivity contribution is -0.159. The second kappa shape index (κ2) is 5.77. The Kier molecular flexibility index (Phi) is 4.84. The summed E-state index contributed by atoms with van der Waals surface area (Å²) >= 11 is 0. The minimum absolute atomic E-state index is 0.234. The molecule has 3 N–H and O–H groups in total. The molecular formula is C11H20F3N3O. The van der Waals surface area contributed by atoms with E-state index in [0.717, 1.165) is 6.42 Å². The van der Waals surface area contributed by atoms with Crippen LogP contribution in [0.15, 0.2) is 5.16 Å².